The lowest BCUT2D eigenvalue weighted by Gasteiger charge is -2.19. The number of benzene rings is 2. The molecular formula is C25H24N2O6. The average Bonchev–Trinajstić information content (AvgIpc) is 3.18. The van der Waals surface area contributed by atoms with E-state index < -0.39 is 24.3 Å². The van der Waals surface area contributed by atoms with E-state index in [4.69, 9.17) is 4.74 Å². The molecule has 2 aromatic carbocycles. The number of nitrogens with zero attached hydrogens (tertiary/aromatic N) is 1. The summed E-state index contributed by atoms with van der Waals surface area (Å²) in [6.45, 7) is -0.0900. The molecule has 33 heavy (non-hydrogen) atoms. The first kappa shape index (κ1) is 22.4. The Hall–Kier alpha value is -3.75. The molecule has 0 bridgehead atoms. The van der Waals surface area contributed by atoms with Crippen LogP contribution in [-0.2, 0) is 9.47 Å². The number of nitrogens with one attached hydrogen (secondary N) is 1. The fourth-order valence-electron chi connectivity index (χ4n) is 3.96. The number of aromatic nitrogens is 1. The molecule has 1 amide bonds. The predicted molar refractivity (Wildman–Crippen MR) is 120 cm³/mol. The summed E-state index contributed by atoms with van der Waals surface area (Å²) in [4.78, 5) is 27.7. The number of alkyl carbamates (subject to hydrolysis) is 1. The SMILES string of the molecule is COC(=O)c1ccc(C(O)C(O)CNC(=O)OCC2c3ccccc3-c3ccccc32)nc1. The Labute approximate surface area is 190 Å². The molecule has 2 atom stereocenters. The Morgan fingerprint density at radius 1 is 1.00 bits per heavy atom. The third-order valence-electron chi connectivity index (χ3n) is 5.67. The maximum atomic E-state index is 12.2. The summed E-state index contributed by atoms with van der Waals surface area (Å²) in [6, 6.07) is 18.9. The molecule has 4 rings (SSSR count). The number of esters is 1. The molecule has 0 fully saturated rings. The molecule has 0 saturated heterocycles. The number of aliphatic hydroxyl groups is 2. The van der Waals surface area contributed by atoms with Crippen molar-refractivity contribution in [2.75, 3.05) is 20.3 Å². The molecule has 2 unspecified atom stereocenters. The molecule has 0 saturated carbocycles. The van der Waals surface area contributed by atoms with Crippen LogP contribution < -0.4 is 5.32 Å². The van der Waals surface area contributed by atoms with Gasteiger partial charge in [-0.3, -0.25) is 4.98 Å². The number of amides is 1. The van der Waals surface area contributed by atoms with E-state index in [1.54, 1.807) is 0 Å². The van der Waals surface area contributed by atoms with E-state index in [0.717, 1.165) is 22.3 Å². The number of carbonyl (C=O) groups excluding carboxylic acids is 2. The van der Waals surface area contributed by atoms with Crippen LogP contribution in [0.3, 0.4) is 0 Å². The van der Waals surface area contributed by atoms with Crippen molar-refractivity contribution in [3.8, 4) is 11.1 Å². The second-order valence-electron chi connectivity index (χ2n) is 7.68. The Morgan fingerprint density at radius 3 is 2.21 bits per heavy atom. The van der Waals surface area contributed by atoms with Gasteiger partial charge in [-0.1, -0.05) is 48.5 Å². The zero-order chi connectivity index (χ0) is 23.4. The highest BCUT2D eigenvalue weighted by molar-refractivity contribution is 5.88. The highest BCUT2D eigenvalue weighted by Gasteiger charge is 2.29. The summed E-state index contributed by atoms with van der Waals surface area (Å²) in [5.74, 6) is -0.628. The van der Waals surface area contributed by atoms with Crippen molar-refractivity contribution >= 4 is 12.1 Å². The standard InChI is InChI=1S/C25H24N2O6/c1-32-24(30)15-10-11-21(26-12-15)23(29)22(28)13-27-25(31)33-14-20-18-8-4-2-6-16(18)17-7-3-5-9-19(17)20/h2-12,20,22-23,28-29H,13-14H2,1H3,(H,27,31). The molecule has 0 spiro atoms. The average molecular weight is 448 g/mol. The summed E-state index contributed by atoms with van der Waals surface area (Å²) < 4.78 is 10.0. The number of rotatable bonds is 7. The molecule has 1 aliphatic rings. The van der Waals surface area contributed by atoms with Gasteiger partial charge in [-0.25, -0.2) is 9.59 Å². The summed E-state index contributed by atoms with van der Waals surface area (Å²) >= 11 is 0. The molecule has 0 aliphatic heterocycles. The molecule has 3 aromatic rings. The van der Waals surface area contributed by atoms with Crippen LogP contribution in [0.15, 0.2) is 66.9 Å². The Morgan fingerprint density at radius 2 is 1.64 bits per heavy atom. The largest absolute Gasteiger partial charge is 0.465 e. The molecule has 1 heterocycles. The Bertz CT molecular complexity index is 1100. The monoisotopic (exact) mass is 448 g/mol. The fraction of sp³-hybridized carbons (Fsp3) is 0.240. The van der Waals surface area contributed by atoms with Crippen molar-refractivity contribution in [2.24, 2.45) is 0 Å². The van der Waals surface area contributed by atoms with Gasteiger partial charge in [0.15, 0.2) is 0 Å². The first-order chi connectivity index (χ1) is 16.0. The Balaban J connectivity index is 1.31. The van der Waals surface area contributed by atoms with Crippen LogP contribution in [0.1, 0.15) is 39.2 Å². The minimum Gasteiger partial charge on any atom is -0.465 e. The van der Waals surface area contributed by atoms with Crippen molar-refractivity contribution in [1.82, 2.24) is 10.3 Å². The second kappa shape index (κ2) is 9.81. The highest BCUT2D eigenvalue weighted by Crippen LogP contribution is 2.44. The minimum atomic E-state index is -1.36. The third-order valence-corrected chi connectivity index (χ3v) is 5.67. The molecule has 8 heteroatoms. The topological polar surface area (TPSA) is 118 Å². The zero-order valence-corrected chi connectivity index (χ0v) is 18.0. The normalized spacial score (nSPS) is 14.0. The lowest BCUT2D eigenvalue weighted by atomic mass is 9.98. The second-order valence-corrected chi connectivity index (χ2v) is 7.68. The number of pyridine rings is 1. The minimum absolute atomic E-state index is 0.0730. The lowest BCUT2D eigenvalue weighted by Crippen LogP contribution is -2.36. The van der Waals surface area contributed by atoms with Gasteiger partial charge in [0.25, 0.3) is 0 Å². The molecule has 0 radical (unpaired) electrons. The lowest BCUT2D eigenvalue weighted by molar-refractivity contribution is 0.0160. The quantitative estimate of drug-likeness (QED) is 0.476. The van der Waals surface area contributed by atoms with Crippen LogP contribution in [-0.4, -0.2) is 53.6 Å². The number of ether oxygens (including phenoxy) is 2. The van der Waals surface area contributed by atoms with Crippen LogP contribution in [0, 0.1) is 0 Å². The van der Waals surface area contributed by atoms with Crippen molar-refractivity contribution < 1.29 is 29.3 Å². The number of carbonyl (C=O) groups is 2. The van der Waals surface area contributed by atoms with Crippen molar-refractivity contribution in [2.45, 2.75) is 18.1 Å². The Kier molecular flexibility index (Phi) is 6.67. The van der Waals surface area contributed by atoms with Gasteiger partial charge in [-0.15, -0.1) is 0 Å². The van der Waals surface area contributed by atoms with Crippen LogP contribution in [0.4, 0.5) is 4.79 Å². The summed E-state index contributed by atoms with van der Waals surface area (Å²) in [5, 5.41) is 23.0. The van der Waals surface area contributed by atoms with Crippen molar-refractivity contribution in [3.63, 3.8) is 0 Å². The van der Waals surface area contributed by atoms with Crippen LogP contribution in [0.5, 0.6) is 0 Å². The maximum absolute atomic E-state index is 12.2. The van der Waals surface area contributed by atoms with E-state index in [9.17, 15) is 19.8 Å². The van der Waals surface area contributed by atoms with Crippen LogP contribution in [0.25, 0.3) is 11.1 Å². The van der Waals surface area contributed by atoms with Crippen molar-refractivity contribution in [1.29, 1.82) is 0 Å². The third kappa shape index (κ3) is 4.72. The van der Waals surface area contributed by atoms with Crippen LogP contribution in [0.2, 0.25) is 0 Å². The van der Waals surface area contributed by atoms with E-state index in [1.165, 1.54) is 25.4 Å². The number of hydrogen-bond acceptors (Lipinski definition) is 7. The number of aliphatic hydroxyl groups excluding tert-OH is 2. The maximum Gasteiger partial charge on any atom is 0.407 e. The van der Waals surface area contributed by atoms with Gasteiger partial charge < -0.3 is 25.0 Å². The molecule has 1 aromatic heterocycles. The van der Waals surface area contributed by atoms with Gasteiger partial charge in [0, 0.05) is 18.7 Å². The molecule has 3 N–H and O–H groups in total. The first-order valence-electron chi connectivity index (χ1n) is 10.5. The van der Waals surface area contributed by atoms with Gasteiger partial charge in [0.1, 0.15) is 18.8 Å². The molecule has 8 nitrogen and oxygen atoms in total. The van der Waals surface area contributed by atoms with Crippen molar-refractivity contribution in [3.05, 3.63) is 89.2 Å². The van der Waals surface area contributed by atoms with Gasteiger partial charge in [0.2, 0.25) is 0 Å². The summed E-state index contributed by atoms with van der Waals surface area (Å²) in [6.07, 6.45) is -2.12. The number of hydrogen-bond donors (Lipinski definition) is 3. The fourth-order valence-corrected chi connectivity index (χ4v) is 3.96. The van der Waals surface area contributed by atoms with E-state index in [1.807, 2.05) is 36.4 Å². The highest BCUT2D eigenvalue weighted by atomic mass is 16.5. The molecular weight excluding hydrogens is 424 g/mol. The van der Waals surface area contributed by atoms with E-state index in [2.05, 4.69) is 27.2 Å². The van der Waals surface area contributed by atoms with E-state index in [-0.39, 0.29) is 30.3 Å². The van der Waals surface area contributed by atoms with Gasteiger partial charge >= 0.3 is 12.1 Å². The predicted octanol–water partition coefficient (Wildman–Crippen LogP) is 2.80. The number of methoxy groups -OCH3 is 1. The zero-order valence-electron chi connectivity index (χ0n) is 18.0. The van der Waals surface area contributed by atoms with Gasteiger partial charge in [-0.05, 0) is 34.4 Å². The summed E-state index contributed by atoms with van der Waals surface area (Å²) in [5.41, 5.74) is 4.84. The van der Waals surface area contributed by atoms with Gasteiger partial charge in [0.05, 0.1) is 18.4 Å². The molecule has 1 aliphatic carbocycles. The van der Waals surface area contributed by atoms with E-state index in [0.29, 0.717) is 0 Å². The van der Waals surface area contributed by atoms with Gasteiger partial charge in [-0.2, -0.15) is 0 Å². The first-order valence-corrected chi connectivity index (χ1v) is 10.5. The van der Waals surface area contributed by atoms with E-state index >= 15 is 0 Å². The van der Waals surface area contributed by atoms with Crippen LogP contribution >= 0.6 is 0 Å². The smallest absolute Gasteiger partial charge is 0.407 e. The number of fused-ring (bicyclic) bond motifs is 3. The molecule has 170 valence electrons. The summed E-state index contributed by atoms with van der Waals surface area (Å²) in [7, 11) is 1.25.